The number of hydrogen-bond donors (Lipinski definition) is 2. The minimum atomic E-state index is -1.67. The van der Waals surface area contributed by atoms with Gasteiger partial charge in [-0.15, -0.1) is 0 Å². The summed E-state index contributed by atoms with van der Waals surface area (Å²) in [6.07, 6.45) is 1.01. The molecular formula is C16H11ClF3N3O3. The normalized spacial score (nSPS) is 12.8. The Morgan fingerprint density at radius 2 is 1.77 bits per heavy atom. The Morgan fingerprint density at radius 3 is 2.35 bits per heavy atom. The molecular weight excluding hydrogens is 375 g/mol. The first-order chi connectivity index (χ1) is 12.2. The third-order valence-electron chi connectivity index (χ3n) is 4.01. The zero-order valence-corrected chi connectivity index (χ0v) is 13.8. The maximum absolute atomic E-state index is 13.3. The Kier molecular flexibility index (Phi) is 4.49. The molecule has 0 saturated heterocycles. The van der Waals surface area contributed by atoms with E-state index in [1.807, 2.05) is 0 Å². The summed E-state index contributed by atoms with van der Waals surface area (Å²) in [7, 11) is 0. The van der Waals surface area contributed by atoms with Gasteiger partial charge in [0.1, 0.15) is 5.69 Å². The molecule has 6 nitrogen and oxygen atoms in total. The molecule has 1 aromatic heterocycles. The summed E-state index contributed by atoms with van der Waals surface area (Å²) in [6.45, 7) is 0.358. The van der Waals surface area contributed by atoms with Gasteiger partial charge in [-0.25, -0.2) is 13.2 Å². The van der Waals surface area contributed by atoms with Gasteiger partial charge in [0.15, 0.2) is 17.5 Å². The van der Waals surface area contributed by atoms with Crippen molar-refractivity contribution in [3.63, 3.8) is 0 Å². The minimum Gasteiger partial charge on any atom is -0.363 e. The van der Waals surface area contributed by atoms with Crippen molar-refractivity contribution < 1.29 is 27.6 Å². The van der Waals surface area contributed by atoms with E-state index in [1.54, 1.807) is 0 Å². The van der Waals surface area contributed by atoms with Crippen molar-refractivity contribution in [1.29, 1.82) is 0 Å². The number of rotatable bonds is 4. The monoisotopic (exact) mass is 385 g/mol. The van der Waals surface area contributed by atoms with Crippen LogP contribution in [0.15, 0.2) is 12.1 Å². The average Bonchev–Trinajstić information content (AvgIpc) is 3.11. The number of Topliss-reactive ketones (excluding diaryl/α,β-unsaturated/α-hetero) is 1. The van der Waals surface area contributed by atoms with Crippen LogP contribution in [0, 0.1) is 17.5 Å². The lowest BCUT2D eigenvalue weighted by Gasteiger charge is -2.07. The maximum atomic E-state index is 13.3. The molecule has 0 saturated carbocycles. The Hall–Kier alpha value is -2.81. The number of primary amides is 1. The fraction of sp³-hybridized carbons (Fsp3) is 0.188. The maximum Gasteiger partial charge on any atom is 0.291 e. The quantitative estimate of drug-likeness (QED) is 0.481. The van der Waals surface area contributed by atoms with Crippen molar-refractivity contribution in [3.05, 3.63) is 51.6 Å². The van der Waals surface area contributed by atoms with Gasteiger partial charge in [-0.3, -0.25) is 14.4 Å². The second-order valence-corrected chi connectivity index (χ2v) is 6.02. The van der Waals surface area contributed by atoms with Crippen LogP contribution in [0.3, 0.4) is 0 Å². The number of halogens is 4. The van der Waals surface area contributed by atoms with Crippen molar-refractivity contribution in [1.82, 2.24) is 4.57 Å². The van der Waals surface area contributed by atoms with Gasteiger partial charge in [0.25, 0.3) is 17.6 Å². The number of hydrogen-bond acceptors (Lipinski definition) is 3. The third-order valence-corrected chi connectivity index (χ3v) is 4.38. The molecule has 0 unspecified atom stereocenters. The number of aromatic nitrogens is 1. The molecule has 3 rings (SSSR count). The SMILES string of the molecule is NC(=O)C(=O)c1c(Cl)c(C(=O)Nc2cc(F)c(F)c(F)c2)c2n1CCC2. The zero-order chi connectivity index (χ0) is 19.2. The van der Waals surface area contributed by atoms with Gasteiger partial charge in [0.2, 0.25) is 0 Å². The molecule has 3 N–H and O–H groups in total. The molecule has 2 amide bonds. The van der Waals surface area contributed by atoms with Crippen LogP contribution in [0.25, 0.3) is 0 Å². The highest BCUT2D eigenvalue weighted by atomic mass is 35.5. The summed E-state index contributed by atoms with van der Waals surface area (Å²) < 4.78 is 41.0. The average molecular weight is 386 g/mol. The van der Waals surface area contributed by atoms with Crippen LogP contribution in [0.2, 0.25) is 5.02 Å². The molecule has 10 heteroatoms. The summed E-state index contributed by atoms with van der Waals surface area (Å²) in [5.41, 5.74) is 4.78. The van der Waals surface area contributed by atoms with Gasteiger partial charge in [-0.2, -0.15) is 0 Å². The molecule has 1 aromatic carbocycles. The molecule has 1 aliphatic heterocycles. The molecule has 0 radical (unpaired) electrons. The number of amides is 2. The number of carbonyl (C=O) groups excluding carboxylic acids is 3. The summed E-state index contributed by atoms with van der Waals surface area (Å²) in [6, 6.07) is 1.21. The molecule has 0 bridgehead atoms. The van der Waals surface area contributed by atoms with E-state index in [-0.39, 0.29) is 22.0 Å². The van der Waals surface area contributed by atoms with E-state index in [1.165, 1.54) is 4.57 Å². The number of anilines is 1. The molecule has 2 heterocycles. The summed E-state index contributed by atoms with van der Waals surface area (Å²) >= 11 is 6.12. The number of nitrogens with two attached hydrogens (primary N) is 1. The number of nitrogens with zero attached hydrogens (tertiary/aromatic N) is 1. The molecule has 2 aromatic rings. The highest BCUT2D eigenvalue weighted by molar-refractivity contribution is 6.47. The van der Waals surface area contributed by atoms with E-state index >= 15 is 0 Å². The second-order valence-electron chi connectivity index (χ2n) is 5.64. The van der Waals surface area contributed by atoms with Crippen LogP contribution in [0.1, 0.15) is 33.0 Å². The third kappa shape index (κ3) is 2.84. The number of nitrogens with one attached hydrogen (secondary N) is 1. The highest BCUT2D eigenvalue weighted by Gasteiger charge is 2.33. The Bertz CT molecular complexity index is 948. The molecule has 0 aliphatic carbocycles. The van der Waals surface area contributed by atoms with E-state index in [0.29, 0.717) is 37.2 Å². The lowest BCUT2D eigenvalue weighted by molar-refractivity contribution is -0.114. The van der Waals surface area contributed by atoms with Crippen LogP contribution in [0.4, 0.5) is 18.9 Å². The first-order valence-corrected chi connectivity index (χ1v) is 7.81. The fourth-order valence-corrected chi connectivity index (χ4v) is 3.32. The first-order valence-electron chi connectivity index (χ1n) is 7.43. The van der Waals surface area contributed by atoms with Gasteiger partial charge in [-0.05, 0) is 12.8 Å². The predicted molar refractivity (Wildman–Crippen MR) is 85.6 cm³/mol. The molecule has 1 aliphatic rings. The molecule has 0 fully saturated rings. The smallest absolute Gasteiger partial charge is 0.291 e. The molecule has 0 atom stereocenters. The highest BCUT2D eigenvalue weighted by Crippen LogP contribution is 2.34. The Balaban J connectivity index is 2.02. The van der Waals surface area contributed by atoms with Crippen LogP contribution < -0.4 is 11.1 Å². The lowest BCUT2D eigenvalue weighted by atomic mass is 10.1. The number of fused-ring (bicyclic) bond motifs is 1. The van der Waals surface area contributed by atoms with E-state index in [4.69, 9.17) is 17.3 Å². The van der Waals surface area contributed by atoms with Crippen molar-refractivity contribution in [3.8, 4) is 0 Å². The van der Waals surface area contributed by atoms with Crippen molar-refractivity contribution in [2.45, 2.75) is 19.4 Å². The van der Waals surface area contributed by atoms with Gasteiger partial charge in [0, 0.05) is 30.1 Å². The Labute approximate surface area is 149 Å². The molecule has 26 heavy (non-hydrogen) atoms. The predicted octanol–water partition coefficient (Wildman–Crippen LogP) is 2.43. The van der Waals surface area contributed by atoms with Crippen LogP contribution in [0.5, 0.6) is 0 Å². The van der Waals surface area contributed by atoms with E-state index in [0.717, 1.165) is 0 Å². The fourth-order valence-electron chi connectivity index (χ4n) is 2.94. The largest absolute Gasteiger partial charge is 0.363 e. The van der Waals surface area contributed by atoms with Crippen LogP contribution in [-0.2, 0) is 17.8 Å². The number of benzene rings is 1. The van der Waals surface area contributed by atoms with Crippen LogP contribution in [-0.4, -0.2) is 22.2 Å². The standard InChI is InChI=1S/C16H11ClF3N3O3/c17-11-10(9-2-1-3-23(9)13(11)14(24)15(21)25)16(26)22-6-4-7(18)12(20)8(19)5-6/h4-5H,1-3H2,(H2,21,25)(H,22,26). The van der Waals surface area contributed by atoms with E-state index in [9.17, 15) is 27.6 Å². The van der Waals surface area contributed by atoms with Crippen molar-refractivity contribution in [2.75, 3.05) is 5.32 Å². The molecule has 0 spiro atoms. The van der Waals surface area contributed by atoms with Crippen molar-refractivity contribution in [2.24, 2.45) is 5.73 Å². The zero-order valence-electron chi connectivity index (χ0n) is 13.0. The van der Waals surface area contributed by atoms with Crippen molar-refractivity contribution >= 4 is 34.9 Å². The molecule has 136 valence electrons. The lowest BCUT2D eigenvalue weighted by Crippen LogP contribution is -2.25. The van der Waals surface area contributed by atoms with Gasteiger partial charge in [-0.1, -0.05) is 11.6 Å². The number of carbonyl (C=O) groups is 3. The van der Waals surface area contributed by atoms with Gasteiger partial charge < -0.3 is 15.6 Å². The van der Waals surface area contributed by atoms with E-state index < -0.39 is 35.0 Å². The summed E-state index contributed by atoms with van der Waals surface area (Å²) in [5.74, 6) is -7.74. The summed E-state index contributed by atoms with van der Waals surface area (Å²) in [4.78, 5) is 35.7. The van der Waals surface area contributed by atoms with E-state index in [2.05, 4.69) is 5.32 Å². The number of ketones is 1. The summed E-state index contributed by atoms with van der Waals surface area (Å²) in [5, 5.41) is 1.93. The van der Waals surface area contributed by atoms with Crippen LogP contribution >= 0.6 is 11.6 Å². The van der Waals surface area contributed by atoms with Gasteiger partial charge in [0.05, 0.1) is 10.6 Å². The topological polar surface area (TPSA) is 94.2 Å². The van der Waals surface area contributed by atoms with Gasteiger partial charge >= 0.3 is 0 Å². The minimum absolute atomic E-state index is 0.0982. The second kappa shape index (κ2) is 6.49. The first kappa shape index (κ1) is 18.0. The Morgan fingerprint density at radius 1 is 1.15 bits per heavy atom.